The molecule has 0 aliphatic rings. The highest BCUT2D eigenvalue weighted by molar-refractivity contribution is 5.85. The summed E-state index contributed by atoms with van der Waals surface area (Å²) in [6, 6.07) is 2.07. The molecular weight excluding hydrogens is 188 g/mol. The van der Waals surface area contributed by atoms with E-state index < -0.39 is 5.41 Å². The molecule has 0 saturated carbocycles. The first kappa shape index (κ1) is 13.4. The maximum atomic E-state index is 12.0. The molecule has 0 rings (SSSR count). The van der Waals surface area contributed by atoms with Crippen molar-refractivity contribution < 1.29 is 4.79 Å². The summed E-state index contributed by atoms with van der Waals surface area (Å²) in [6.45, 7) is 11.6. The highest BCUT2D eigenvalue weighted by Crippen LogP contribution is 2.22. The number of carbonyl (C=O) groups excluding carboxylic acids is 1. The van der Waals surface area contributed by atoms with Crippen molar-refractivity contribution in [3.63, 3.8) is 0 Å². The summed E-state index contributed by atoms with van der Waals surface area (Å²) in [6.07, 6.45) is 3.80. The Morgan fingerprint density at radius 3 is 2.20 bits per heavy atom. The van der Waals surface area contributed by atoms with E-state index in [1.165, 1.54) is 0 Å². The van der Waals surface area contributed by atoms with Crippen LogP contribution in [0.2, 0.25) is 0 Å². The summed E-state index contributed by atoms with van der Waals surface area (Å²) in [5, 5.41) is 8.99. The molecule has 0 saturated heterocycles. The van der Waals surface area contributed by atoms with E-state index in [0.29, 0.717) is 19.5 Å². The first-order valence-corrected chi connectivity index (χ1v) is 4.98. The number of nitrogens with zero attached hydrogens (tertiary/aromatic N) is 2. The van der Waals surface area contributed by atoms with Crippen molar-refractivity contribution >= 4 is 5.91 Å². The Bertz CT molecular complexity index is 280. The van der Waals surface area contributed by atoms with Crippen LogP contribution in [0.5, 0.6) is 0 Å². The van der Waals surface area contributed by atoms with Gasteiger partial charge in [-0.25, -0.2) is 0 Å². The third-order valence-corrected chi connectivity index (χ3v) is 2.41. The van der Waals surface area contributed by atoms with Crippen molar-refractivity contribution in [2.45, 2.75) is 20.3 Å². The summed E-state index contributed by atoms with van der Waals surface area (Å²) in [4.78, 5) is 13.6. The predicted molar refractivity (Wildman–Crippen MR) is 61.0 cm³/mol. The molecule has 0 heterocycles. The fourth-order valence-electron chi connectivity index (χ4n) is 1.18. The minimum absolute atomic E-state index is 0.160. The highest BCUT2D eigenvalue weighted by atomic mass is 16.2. The Kier molecular flexibility index (Phi) is 5.40. The van der Waals surface area contributed by atoms with Gasteiger partial charge >= 0.3 is 0 Å². The van der Waals surface area contributed by atoms with Gasteiger partial charge in [-0.15, -0.1) is 13.2 Å². The fraction of sp³-hybridized carbons (Fsp3) is 0.500. The number of nitriles is 1. The number of rotatable bonds is 6. The Morgan fingerprint density at radius 1 is 1.47 bits per heavy atom. The molecule has 0 radical (unpaired) electrons. The zero-order valence-electron chi connectivity index (χ0n) is 9.49. The Hall–Kier alpha value is -1.56. The average Bonchev–Trinajstić information content (AvgIpc) is 2.26. The lowest BCUT2D eigenvalue weighted by Crippen LogP contribution is -2.41. The van der Waals surface area contributed by atoms with E-state index in [-0.39, 0.29) is 5.91 Å². The molecule has 3 nitrogen and oxygen atoms in total. The smallest absolute Gasteiger partial charge is 0.243 e. The molecule has 1 unspecified atom stereocenters. The molecule has 1 atom stereocenters. The minimum Gasteiger partial charge on any atom is -0.334 e. The molecule has 0 aromatic rings. The van der Waals surface area contributed by atoms with E-state index in [2.05, 4.69) is 19.2 Å². The summed E-state index contributed by atoms with van der Waals surface area (Å²) >= 11 is 0. The molecule has 0 N–H and O–H groups in total. The summed E-state index contributed by atoms with van der Waals surface area (Å²) in [5.74, 6) is -0.160. The second-order valence-corrected chi connectivity index (χ2v) is 3.58. The maximum absolute atomic E-state index is 12.0. The van der Waals surface area contributed by atoms with Crippen molar-refractivity contribution in [2.75, 3.05) is 13.1 Å². The number of hydrogen-bond donors (Lipinski definition) is 0. The summed E-state index contributed by atoms with van der Waals surface area (Å²) in [5.41, 5.74) is -0.938. The molecule has 0 aromatic carbocycles. The van der Waals surface area contributed by atoms with E-state index in [1.54, 1.807) is 24.0 Å². The largest absolute Gasteiger partial charge is 0.334 e. The third-order valence-electron chi connectivity index (χ3n) is 2.41. The van der Waals surface area contributed by atoms with Crippen molar-refractivity contribution in [1.29, 1.82) is 5.26 Å². The molecule has 0 aromatic heterocycles. The van der Waals surface area contributed by atoms with E-state index >= 15 is 0 Å². The van der Waals surface area contributed by atoms with Crippen LogP contribution < -0.4 is 0 Å². The van der Waals surface area contributed by atoms with Crippen LogP contribution in [0.3, 0.4) is 0 Å². The van der Waals surface area contributed by atoms with Crippen molar-refractivity contribution in [1.82, 2.24) is 4.90 Å². The molecule has 0 fully saturated rings. The molecule has 0 aliphatic carbocycles. The maximum Gasteiger partial charge on any atom is 0.243 e. The van der Waals surface area contributed by atoms with Crippen LogP contribution in [0.1, 0.15) is 20.3 Å². The lowest BCUT2D eigenvalue weighted by Gasteiger charge is -2.27. The summed E-state index contributed by atoms with van der Waals surface area (Å²) < 4.78 is 0. The zero-order chi connectivity index (χ0) is 11.9. The second kappa shape index (κ2) is 6.02. The average molecular weight is 206 g/mol. The van der Waals surface area contributed by atoms with Gasteiger partial charge in [-0.3, -0.25) is 4.79 Å². The van der Waals surface area contributed by atoms with Gasteiger partial charge in [-0.1, -0.05) is 19.1 Å². The SMILES string of the molecule is C=CCN(CC=C)C(=O)C(C)(C#N)CC. The van der Waals surface area contributed by atoms with Gasteiger partial charge in [0.15, 0.2) is 0 Å². The van der Waals surface area contributed by atoms with Crippen LogP contribution in [-0.2, 0) is 4.79 Å². The van der Waals surface area contributed by atoms with Crippen LogP contribution in [-0.4, -0.2) is 23.9 Å². The van der Waals surface area contributed by atoms with Crippen LogP contribution >= 0.6 is 0 Å². The molecular formula is C12H18N2O. The monoisotopic (exact) mass is 206 g/mol. The third kappa shape index (κ3) is 3.25. The molecule has 3 heteroatoms. The first-order chi connectivity index (χ1) is 7.05. The van der Waals surface area contributed by atoms with E-state index in [9.17, 15) is 4.79 Å². The second-order valence-electron chi connectivity index (χ2n) is 3.58. The number of carbonyl (C=O) groups is 1. The summed E-state index contributed by atoms with van der Waals surface area (Å²) in [7, 11) is 0. The number of hydrogen-bond acceptors (Lipinski definition) is 2. The quantitative estimate of drug-likeness (QED) is 0.625. The van der Waals surface area contributed by atoms with Gasteiger partial charge in [0.25, 0.3) is 0 Å². The van der Waals surface area contributed by atoms with Gasteiger partial charge in [0.2, 0.25) is 5.91 Å². The van der Waals surface area contributed by atoms with Gasteiger partial charge in [0, 0.05) is 13.1 Å². The number of amides is 1. The lowest BCUT2D eigenvalue weighted by atomic mass is 9.87. The van der Waals surface area contributed by atoms with Gasteiger partial charge in [-0.2, -0.15) is 5.26 Å². The minimum atomic E-state index is -0.938. The Balaban J connectivity index is 4.83. The van der Waals surface area contributed by atoms with E-state index in [4.69, 9.17) is 5.26 Å². The van der Waals surface area contributed by atoms with Crippen LogP contribution in [0.4, 0.5) is 0 Å². The van der Waals surface area contributed by atoms with Gasteiger partial charge < -0.3 is 4.90 Å². The Labute approximate surface area is 91.7 Å². The predicted octanol–water partition coefficient (Wildman–Crippen LogP) is 2.13. The molecule has 1 amide bonds. The van der Waals surface area contributed by atoms with E-state index in [1.807, 2.05) is 6.92 Å². The molecule has 0 bridgehead atoms. The normalized spacial score (nSPS) is 13.4. The van der Waals surface area contributed by atoms with Gasteiger partial charge in [0.1, 0.15) is 5.41 Å². The molecule has 0 aliphatic heterocycles. The standard InChI is InChI=1S/C12H18N2O/c1-5-8-14(9-6-2)11(15)12(4,7-3)10-13/h5-6H,1-2,7-9H2,3-4H3. The van der Waals surface area contributed by atoms with Crippen LogP contribution in [0, 0.1) is 16.7 Å². The van der Waals surface area contributed by atoms with Crippen molar-refractivity contribution in [3.05, 3.63) is 25.3 Å². The fourth-order valence-corrected chi connectivity index (χ4v) is 1.18. The molecule has 82 valence electrons. The Morgan fingerprint density at radius 2 is 1.93 bits per heavy atom. The van der Waals surface area contributed by atoms with Gasteiger partial charge in [0.05, 0.1) is 6.07 Å². The topological polar surface area (TPSA) is 44.1 Å². The van der Waals surface area contributed by atoms with Gasteiger partial charge in [-0.05, 0) is 13.3 Å². The van der Waals surface area contributed by atoms with Crippen molar-refractivity contribution in [3.8, 4) is 6.07 Å². The molecule has 15 heavy (non-hydrogen) atoms. The first-order valence-electron chi connectivity index (χ1n) is 4.98. The zero-order valence-corrected chi connectivity index (χ0v) is 9.49. The van der Waals surface area contributed by atoms with Crippen molar-refractivity contribution in [2.24, 2.45) is 5.41 Å². The lowest BCUT2D eigenvalue weighted by molar-refractivity contribution is -0.137. The molecule has 0 spiro atoms. The van der Waals surface area contributed by atoms with Crippen LogP contribution in [0.25, 0.3) is 0 Å². The van der Waals surface area contributed by atoms with E-state index in [0.717, 1.165) is 0 Å². The van der Waals surface area contributed by atoms with Crippen LogP contribution in [0.15, 0.2) is 25.3 Å². The highest BCUT2D eigenvalue weighted by Gasteiger charge is 2.34.